The number of hydrogen-bond acceptors (Lipinski definition) is 3. The Balaban J connectivity index is 1.80. The van der Waals surface area contributed by atoms with Gasteiger partial charge in [-0.25, -0.2) is 0 Å². The van der Waals surface area contributed by atoms with Gasteiger partial charge >= 0.3 is 0 Å². The van der Waals surface area contributed by atoms with Gasteiger partial charge in [0.1, 0.15) is 0 Å². The van der Waals surface area contributed by atoms with E-state index in [0.29, 0.717) is 31.0 Å². The highest BCUT2D eigenvalue weighted by atomic mass is 16.2. The molecule has 3 N–H and O–H groups in total. The monoisotopic (exact) mass is 295 g/mol. The predicted molar refractivity (Wildman–Crippen MR) is 82.5 cm³/mol. The van der Waals surface area contributed by atoms with E-state index in [4.69, 9.17) is 5.73 Å². The Morgan fingerprint density at radius 2 is 1.95 bits per heavy atom. The molecule has 0 spiro atoms. The van der Waals surface area contributed by atoms with Gasteiger partial charge in [-0.1, -0.05) is 26.7 Å². The molecule has 2 aliphatic rings. The third kappa shape index (κ3) is 4.43. The minimum atomic E-state index is -0.241. The number of rotatable bonds is 4. The molecule has 2 rings (SSSR count). The SMILES string of the molecule is C[C@H]1[C@@H](NC(=O)CN2CCC[C@H](C(N)=O)C2)CCC[C@@H]1C. The van der Waals surface area contributed by atoms with Crippen molar-refractivity contribution in [1.82, 2.24) is 10.2 Å². The van der Waals surface area contributed by atoms with Gasteiger partial charge in [-0.2, -0.15) is 0 Å². The van der Waals surface area contributed by atoms with E-state index in [9.17, 15) is 9.59 Å². The number of nitrogens with two attached hydrogens (primary N) is 1. The second kappa shape index (κ2) is 7.25. The largest absolute Gasteiger partial charge is 0.369 e. The highest BCUT2D eigenvalue weighted by Crippen LogP contribution is 2.29. The molecule has 21 heavy (non-hydrogen) atoms. The van der Waals surface area contributed by atoms with Crippen molar-refractivity contribution < 1.29 is 9.59 Å². The van der Waals surface area contributed by atoms with E-state index >= 15 is 0 Å². The number of carbonyl (C=O) groups is 2. The number of piperidine rings is 1. The van der Waals surface area contributed by atoms with Crippen LogP contribution in [0.5, 0.6) is 0 Å². The third-order valence-electron chi connectivity index (χ3n) is 5.33. The fraction of sp³-hybridized carbons (Fsp3) is 0.875. The Hall–Kier alpha value is -1.10. The zero-order chi connectivity index (χ0) is 15.4. The van der Waals surface area contributed by atoms with Gasteiger partial charge < -0.3 is 11.1 Å². The standard InChI is InChI=1S/C16H29N3O2/c1-11-5-3-7-14(12(11)2)18-15(20)10-19-8-4-6-13(9-19)16(17)21/h11-14H,3-10H2,1-2H3,(H2,17,21)(H,18,20)/t11-,12+,13-,14-/m0/s1. The smallest absolute Gasteiger partial charge is 0.234 e. The van der Waals surface area contributed by atoms with Crippen molar-refractivity contribution in [1.29, 1.82) is 0 Å². The van der Waals surface area contributed by atoms with E-state index in [1.807, 2.05) is 0 Å². The summed E-state index contributed by atoms with van der Waals surface area (Å²) in [6.07, 6.45) is 5.34. The summed E-state index contributed by atoms with van der Waals surface area (Å²) in [5.74, 6) is 0.974. The Kier molecular flexibility index (Phi) is 5.62. The maximum Gasteiger partial charge on any atom is 0.234 e. The van der Waals surface area contributed by atoms with Crippen LogP contribution in [0.1, 0.15) is 46.0 Å². The van der Waals surface area contributed by atoms with E-state index in [2.05, 4.69) is 24.1 Å². The Morgan fingerprint density at radius 1 is 1.19 bits per heavy atom. The first-order valence-electron chi connectivity index (χ1n) is 8.28. The normalized spacial score (nSPS) is 34.4. The van der Waals surface area contributed by atoms with Gasteiger partial charge in [0.25, 0.3) is 0 Å². The van der Waals surface area contributed by atoms with Crippen molar-refractivity contribution in [2.45, 2.75) is 52.0 Å². The summed E-state index contributed by atoms with van der Waals surface area (Å²) < 4.78 is 0. The molecule has 2 fully saturated rings. The molecule has 5 nitrogen and oxygen atoms in total. The zero-order valence-electron chi connectivity index (χ0n) is 13.3. The summed E-state index contributed by atoms with van der Waals surface area (Å²) in [5, 5.41) is 3.19. The van der Waals surface area contributed by atoms with E-state index in [1.54, 1.807) is 0 Å². The van der Waals surface area contributed by atoms with Crippen molar-refractivity contribution >= 4 is 11.8 Å². The Labute approximate surface area is 127 Å². The van der Waals surface area contributed by atoms with Gasteiger partial charge in [-0.15, -0.1) is 0 Å². The maximum absolute atomic E-state index is 12.2. The molecule has 5 heteroatoms. The van der Waals surface area contributed by atoms with Crippen LogP contribution in [0, 0.1) is 17.8 Å². The van der Waals surface area contributed by atoms with Crippen LogP contribution in [-0.2, 0) is 9.59 Å². The van der Waals surface area contributed by atoms with Crippen molar-refractivity contribution in [3.05, 3.63) is 0 Å². The molecule has 0 aromatic heterocycles. The highest BCUT2D eigenvalue weighted by molar-refractivity contribution is 5.79. The first-order chi connectivity index (χ1) is 9.97. The van der Waals surface area contributed by atoms with E-state index in [1.165, 1.54) is 12.8 Å². The lowest BCUT2D eigenvalue weighted by Gasteiger charge is -2.36. The molecule has 1 saturated heterocycles. The minimum absolute atomic E-state index is 0.0890. The number of nitrogens with one attached hydrogen (secondary N) is 1. The molecule has 0 radical (unpaired) electrons. The van der Waals surface area contributed by atoms with Crippen LogP contribution in [0.15, 0.2) is 0 Å². The summed E-state index contributed by atoms with van der Waals surface area (Å²) in [7, 11) is 0. The minimum Gasteiger partial charge on any atom is -0.369 e. The number of carbonyl (C=O) groups excluding carboxylic acids is 2. The number of nitrogens with zero attached hydrogens (tertiary/aromatic N) is 1. The summed E-state index contributed by atoms with van der Waals surface area (Å²) >= 11 is 0. The summed E-state index contributed by atoms with van der Waals surface area (Å²) in [6.45, 7) is 6.40. The molecule has 1 heterocycles. The average Bonchev–Trinajstić information content (AvgIpc) is 2.44. The molecule has 4 atom stereocenters. The number of primary amides is 1. The number of amides is 2. The van der Waals surface area contributed by atoms with Crippen LogP contribution in [0.4, 0.5) is 0 Å². The lowest BCUT2D eigenvalue weighted by Crippen LogP contribution is -2.49. The van der Waals surface area contributed by atoms with Crippen LogP contribution in [0.2, 0.25) is 0 Å². The molecule has 0 aromatic carbocycles. The fourth-order valence-corrected chi connectivity index (χ4v) is 3.67. The molecule has 1 aliphatic carbocycles. The molecular formula is C16H29N3O2. The van der Waals surface area contributed by atoms with Gasteiger partial charge in [0.15, 0.2) is 0 Å². The molecule has 0 bridgehead atoms. The van der Waals surface area contributed by atoms with Crippen molar-refractivity contribution in [3.8, 4) is 0 Å². The van der Waals surface area contributed by atoms with Gasteiger partial charge in [0.05, 0.1) is 12.5 Å². The third-order valence-corrected chi connectivity index (χ3v) is 5.33. The van der Waals surface area contributed by atoms with Crippen LogP contribution >= 0.6 is 0 Å². The maximum atomic E-state index is 12.2. The van der Waals surface area contributed by atoms with Crippen molar-refractivity contribution in [2.75, 3.05) is 19.6 Å². The summed E-state index contributed by atoms with van der Waals surface area (Å²) in [6, 6.07) is 0.304. The van der Waals surface area contributed by atoms with Gasteiger partial charge in [-0.3, -0.25) is 14.5 Å². The van der Waals surface area contributed by atoms with E-state index < -0.39 is 0 Å². The van der Waals surface area contributed by atoms with Crippen molar-refractivity contribution in [3.63, 3.8) is 0 Å². The summed E-state index contributed by atoms with van der Waals surface area (Å²) in [5.41, 5.74) is 5.38. The van der Waals surface area contributed by atoms with Crippen LogP contribution in [0.25, 0.3) is 0 Å². The first-order valence-corrected chi connectivity index (χ1v) is 8.28. The van der Waals surface area contributed by atoms with Crippen LogP contribution in [0.3, 0.4) is 0 Å². The summed E-state index contributed by atoms with van der Waals surface area (Å²) in [4.78, 5) is 25.6. The lowest BCUT2D eigenvalue weighted by atomic mass is 9.78. The number of hydrogen-bond donors (Lipinski definition) is 2. The quantitative estimate of drug-likeness (QED) is 0.816. The lowest BCUT2D eigenvalue weighted by molar-refractivity contribution is -0.127. The second-order valence-corrected chi connectivity index (χ2v) is 6.92. The topological polar surface area (TPSA) is 75.4 Å². The van der Waals surface area contributed by atoms with Gasteiger partial charge in [-0.05, 0) is 37.6 Å². The molecule has 0 unspecified atom stereocenters. The molecule has 1 aliphatic heterocycles. The Bertz CT molecular complexity index is 386. The highest BCUT2D eigenvalue weighted by Gasteiger charge is 2.29. The van der Waals surface area contributed by atoms with Crippen molar-refractivity contribution in [2.24, 2.45) is 23.5 Å². The fourth-order valence-electron chi connectivity index (χ4n) is 3.67. The van der Waals surface area contributed by atoms with Gasteiger partial charge in [0.2, 0.25) is 11.8 Å². The number of likely N-dealkylation sites (tertiary alicyclic amines) is 1. The Morgan fingerprint density at radius 3 is 2.67 bits per heavy atom. The second-order valence-electron chi connectivity index (χ2n) is 6.92. The molecule has 2 amide bonds. The van der Waals surface area contributed by atoms with Crippen LogP contribution in [-0.4, -0.2) is 42.4 Å². The van der Waals surface area contributed by atoms with E-state index in [0.717, 1.165) is 25.8 Å². The van der Waals surface area contributed by atoms with E-state index in [-0.39, 0.29) is 17.7 Å². The average molecular weight is 295 g/mol. The van der Waals surface area contributed by atoms with Gasteiger partial charge in [0, 0.05) is 12.6 Å². The zero-order valence-corrected chi connectivity index (χ0v) is 13.3. The molecule has 120 valence electrons. The molecule has 1 saturated carbocycles. The molecular weight excluding hydrogens is 266 g/mol. The predicted octanol–water partition coefficient (Wildman–Crippen LogP) is 1.12. The first kappa shape index (κ1) is 16.3. The van der Waals surface area contributed by atoms with Crippen LogP contribution < -0.4 is 11.1 Å². The molecule has 0 aromatic rings.